The lowest BCUT2D eigenvalue weighted by Crippen LogP contribution is -2.11. The van der Waals surface area contributed by atoms with Crippen molar-refractivity contribution in [1.29, 1.82) is 0 Å². The van der Waals surface area contributed by atoms with Crippen LogP contribution in [-0.4, -0.2) is 11.1 Å². The smallest absolute Gasteiger partial charge is 0.146 e. The Balaban J connectivity index is 3.02. The van der Waals surface area contributed by atoms with Gasteiger partial charge >= 0.3 is 0 Å². The van der Waals surface area contributed by atoms with Crippen molar-refractivity contribution in [3.8, 4) is 0 Å². The van der Waals surface area contributed by atoms with Crippen LogP contribution in [-0.2, 0) is 0 Å². The summed E-state index contributed by atoms with van der Waals surface area (Å²) in [6, 6.07) is 1.06. The van der Waals surface area contributed by atoms with E-state index in [1.54, 1.807) is 0 Å². The van der Waals surface area contributed by atoms with Crippen molar-refractivity contribution in [3.63, 3.8) is 0 Å². The Bertz CT molecular complexity index is 321. The fourth-order valence-corrected chi connectivity index (χ4v) is 6.45. The summed E-state index contributed by atoms with van der Waals surface area (Å²) in [7, 11) is 0. The minimum Gasteiger partial charge on any atom is -0.146 e. The van der Waals surface area contributed by atoms with Crippen molar-refractivity contribution in [1.82, 2.24) is 0 Å². The third kappa shape index (κ3) is 29.5. The highest BCUT2D eigenvalue weighted by molar-refractivity contribution is 14.1. The van der Waals surface area contributed by atoms with Crippen LogP contribution in [0.5, 0.6) is 0 Å². The summed E-state index contributed by atoms with van der Waals surface area (Å²) < 4.78 is 1.34. The monoisotopic (exact) mass is 590 g/mol. The van der Waals surface area contributed by atoms with E-state index in [9.17, 15) is 0 Å². The topological polar surface area (TPSA) is 0 Å². The molecule has 0 radical (unpaired) electrons. The Morgan fingerprint density at radius 1 is 0.400 bits per heavy atom. The molecule has 182 valence electrons. The van der Waals surface area contributed by atoms with Crippen LogP contribution < -0.4 is 0 Å². The first kappa shape index (κ1) is 31.5. The molecule has 0 aromatic rings. The van der Waals surface area contributed by atoms with Gasteiger partial charge in [0.05, 0.1) is 0 Å². The molecule has 0 aromatic carbocycles. The van der Waals surface area contributed by atoms with Crippen LogP contribution >= 0.6 is 44.7 Å². The zero-order valence-electron chi connectivity index (χ0n) is 20.3. The van der Waals surface area contributed by atoms with Gasteiger partial charge in [-0.25, -0.2) is 0 Å². The summed E-state index contributed by atoms with van der Waals surface area (Å²) in [5.74, 6) is 0. The van der Waals surface area contributed by atoms with Crippen molar-refractivity contribution in [2.75, 3.05) is 4.43 Å². The largest absolute Gasteiger partial charge is 0.248 e. The maximum Gasteiger partial charge on any atom is 0.248 e. The maximum absolute atomic E-state index is 6.14. The standard InChI is InChI=1S/C26H53Cl2ISi/c1-30(27,28)26-24-22-20-18-16-14-12-10-8-6-4-2-3-5-7-9-11-13-15-17-19-21-23-25-29/h2-26H2,1H3. The lowest BCUT2D eigenvalue weighted by molar-refractivity contribution is 0.519. The molecule has 0 rings (SSSR count). The Labute approximate surface area is 215 Å². The van der Waals surface area contributed by atoms with E-state index in [2.05, 4.69) is 22.6 Å². The van der Waals surface area contributed by atoms with Crippen molar-refractivity contribution in [2.45, 2.75) is 160 Å². The van der Waals surface area contributed by atoms with Gasteiger partial charge in [-0.05, 0) is 23.4 Å². The summed E-state index contributed by atoms with van der Waals surface area (Å²) in [6.07, 6.45) is 33.2. The van der Waals surface area contributed by atoms with Crippen LogP contribution in [0.25, 0.3) is 0 Å². The zero-order valence-corrected chi connectivity index (χ0v) is 25.0. The molecule has 0 fully saturated rings. The number of rotatable bonds is 25. The van der Waals surface area contributed by atoms with Crippen LogP contribution in [0.2, 0.25) is 12.6 Å². The molecule has 0 N–H and O–H groups in total. The molecule has 0 bridgehead atoms. The summed E-state index contributed by atoms with van der Waals surface area (Å²) in [4.78, 5) is 0. The highest BCUT2D eigenvalue weighted by atomic mass is 127. The lowest BCUT2D eigenvalue weighted by Gasteiger charge is -2.09. The minimum absolute atomic E-state index is 1.06. The third-order valence-corrected chi connectivity index (χ3v) is 9.38. The Hall–Kier alpha value is 1.53. The minimum atomic E-state index is -1.83. The molecule has 0 saturated heterocycles. The molecule has 0 amide bonds. The Morgan fingerprint density at radius 2 is 0.600 bits per heavy atom. The molecule has 0 spiro atoms. The third-order valence-electron chi connectivity index (χ3n) is 6.25. The number of hydrogen-bond acceptors (Lipinski definition) is 0. The quantitative estimate of drug-likeness (QED) is 0.0326. The van der Waals surface area contributed by atoms with Gasteiger partial charge in [0, 0.05) is 0 Å². The molecule has 0 heterocycles. The van der Waals surface area contributed by atoms with Gasteiger partial charge in [-0.15, -0.1) is 22.2 Å². The van der Waals surface area contributed by atoms with E-state index in [0.717, 1.165) is 6.04 Å². The van der Waals surface area contributed by atoms with Gasteiger partial charge in [0.2, 0.25) is 6.69 Å². The molecular weight excluding hydrogens is 538 g/mol. The van der Waals surface area contributed by atoms with Crippen molar-refractivity contribution in [3.05, 3.63) is 0 Å². The Morgan fingerprint density at radius 3 is 0.800 bits per heavy atom. The maximum atomic E-state index is 6.14. The second kappa shape index (κ2) is 25.2. The van der Waals surface area contributed by atoms with Gasteiger partial charge in [0.25, 0.3) is 0 Å². The highest BCUT2D eigenvalue weighted by Crippen LogP contribution is 2.23. The van der Waals surface area contributed by atoms with E-state index in [4.69, 9.17) is 22.2 Å². The number of halogens is 3. The fourth-order valence-electron chi connectivity index (χ4n) is 4.24. The van der Waals surface area contributed by atoms with Gasteiger partial charge in [-0.1, -0.05) is 164 Å². The molecule has 4 heteroatoms. The molecular formula is C26H53Cl2ISi. The molecule has 0 aromatic heterocycles. The molecule has 0 atom stereocenters. The number of hydrogen-bond donors (Lipinski definition) is 0. The summed E-state index contributed by atoms with van der Waals surface area (Å²) in [6.45, 7) is 0.205. The van der Waals surface area contributed by atoms with Crippen LogP contribution in [0.15, 0.2) is 0 Å². The van der Waals surface area contributed by atoms with Gasteiger partial charge in [-0.2, -0.15) is 0 Å². The molecule has 0 saturated carbocycles. The SMILES string of the molecule is C[Si](Cl)(Cl)CCCCCCCCCCCCCCCCCCCCCCCCCI. The van der Waals surface area contributed by atoms with Crippen molar-refractivity contribution >= 4 is 51.4 Å². The van der Waals surface area contributed by atoms with Gasteiger partial charge < -0.3 is 0 Å². The van der Waals surface area contributed by atoms with Crippen LogP contribution in [0, 0.1) is 0 Å². The van der Waals surface area contributed by atoms with E-state index < -0.39 is 6.69 Å². The molecule has 0 aliphatic heterocycles. The first-order valence-electron chi connectivity index (χ1n) is 13.5. The highest BCUT2D eigenvalue weighted by Gasteiger charge is 2.19. The first-order chi connectivity index (χ1) is 14.6. The number of unbranched alkanes of at least 4 members (excludes halogenated alkanes) is 22. The molecule has 0 aliphatic carbocycles. The Kier molecular flexibility index (Phi) is 26.4. The first-order valence-corrected chi connectivity index (χ1v) is 19.8. The molecule has 0 unspecified atom stereocenters. The molecule has 0 nitrogen and oxygen atoms in total. The van der Waals surface area contributed by atoms with Crippen LogP contribution in [0.1, 0.15) is 148 Å². The average Bonchev–Trinajstić information content (AvgIpc) is 2.70. The van der Waals surface area contributed by atoms with Gasteiger partial charge in [0.1, 0.15) is 0 Å². The van der Waals surface area contributed by atoms with Crippen molar-refractivity contribution in [2.24, 2.45) is 0 Å². The van der Waals surface area contributed by atoms with E-state index in [0.29, 0.717) is 0 Å². The van der Waals surface area contributed by atoms with Crippen LogP contribution in [0.3, 0.4) is 0 Å². The lowest BCUT2D eigenvalue weighted by atomic mass is 10.0. The van der Waals surface area contributed by atoms with Gasteiger partial charge in [-0.3, -0.25) is 0 Å². The normalized spacial score (nSPS) is 12.0. The van der Waals surface area contributed by atoms with E-state index >= 15 is 0 Å². The summed E-state index contributed by atoms with van der Waals surface area (Å²) in [5, 5.41) is 0. The summed E-state index contributed by atoms with van der Waals surface area (Å²) >= 11 is 14.8. The molecule has 30 heavy (non-hydrogen) atoms. The predicted molar refractivity (Wildman–Crippen MR) is 153 cm³/mol. The zero-order chi connectivity index (χ0) is 22.2. The second-order valence-corrected chi connectivity index (χ2v) is 18.9. The van der Waals surface area contributed by atoms with E-state index in [-0.39, 0.29) is 0 Å². The van der Waals surface area contributed by atoms with E-state index in [1.807, 2.05) is 6.55 Å². The van der Waals surface area contributed by atoms with Crippen molar-refractivity contribution < 1.29 is 0 Å². The predicted octanol–water partition coefficient (Wildman–Crippen LogP) is 11.9. The second-order valence-electron chi connectivity index (χ2n) is 9.64. The van der Waals surface area contributed by atoms with E-state index in [1.165, 1.54) is 152 Å². The average molecular weight is 592 g/mol. The number of alkyl halides is 1. The fraction of sp³-hybridized carbons (Fsp3) is 1.00. The summed E-state index contributed by atoms with van der Waals surface area (Å²) in [5.41, 5.74) is 0. The molecule has 0 aliphatic rings. The van der Waals surface area contributed by atoms with Crippen LogP contribution in [0.4, 0.5) is 0 Å². The van der Waals surface area contributed by atoms with Gasteiger partial charge in [0.15, 0.2) is 0 Å².